The average molecular weight is 375 g/mol. The van der Waals surface area contributed by atoms with E-state index in [0.29, 0.717) is 6.07 Å². The van der Waals surface area contributed by atoms with Crippen molar-refractivity contribution in [1.82, 2.24) is 9.21 Å². The Morgan fingerprint density at radius 3 is 2.32 bits per heavy atom. The number of carbonyl (C=O) groups excluding carboxylic acids is 1. The van der Waals surface area contributed by atoms with Crippen LogP contribution in [0.25, 0.3) is 0 Å². The summed E-state index contributed by atoms with van der Waals surface area (Å²) in [6, 6.07) is 1.49. The Bertz CT molecular complexity index is 824. The zero-order valence-corrected chi connectivity index (χ0v) is 13.8. The minimum absolute atomic E-state index is 0.0110. The number of nitrogens with zero attached hydrogens (tertiary/aromatic N) is 3. The summed E-state index contributed by atoms with van der Waals surface area (Å²) in [6.45, 7) is 0.178. The number of rotatable bonds is 4. The van der Waals surface area contributed by atoms with E-state index in [4.69, 9.17) is 0 Å². The summed E-state index contributed by atoms with van der Waals surface area (Å²) >= 11 is 0. The molecule has 3 rings (SSSR count). The average Bonchev–Trinajstić information content (AvgIpc) is 3.37. The Hall–Kier alpha value is -2.14. The van der Waals surface area contributed by atoms with Gasteiger partial charge in [0.05, 0.1) is 4.90 Å². The number of carbonyl (C=O) groups is 1. The van der Waals surface area contributed by atoms with Gasteiger partial charge in [-0.3, -0.25) is 14.9 Å². The lowest BCUT2D eigenvalue weighted by Crippen LogP contribution is -2.51. The van der Waals surface area contributed by atoms with Gasteiger partial charge in [-0.1, -0.05) is 0 Å². The monoisotopic (exact) mass is 375 g/mol. The molecule has 1 aliphatic heterocycles. The van der Waals surface area contributed by atoms with Crippen molar-refractivity contribution in [3.63, 3.8) is 0 Å². The van der Waals surface area contributed by atoms with Gasteiger partial charge in [0, 0.05) is 37.5 Å². The zero-order valence-electron chi connectivity index (χ0n) is 13.0. The van der Waals surface area contributed by atoms with E-state index in [1.807, 2.05) is 0 Å². The van der Waals surface area contributed by atoms with Crippen LogP contribution in [0.1, 0.15) is 6.42 Å². The topological polar surface area (TPSA) is 101 Å². The maximum absolute atomic E-state index is 13.3. The van der Waals surface area contributed by atoms with Crippen LogP contribution in [0.3, 0.4) is 0 Å². The predicted octanol–water partition coefficient (Wildman–Crippen LogP) is 0.463. The van der Waals surface area contributed by atoms with Crippen molar-refractivity contribution in [2.45, 2.75) is 17.4 Å². The number of amides is 1. The first-order valence-corrected chi connectivity index (χ1v) is 9.03. The fourth-order valence-electron chi connectivity index (χ4n) is 2.85. The third kappa shape index (κ3) is 3.33. The molecular formula is C14H15F2N3O5S. The van der Waals surface area contributed by atoms with Gasteiger partial charge in [0.15, 0.2) is 11.6 Å². The minimum Gasteiger partial charge on any atom is -0.340 e. The Kier molecular flexibility index (Phi) is 4.45. The smallest absolute Gasteiger partial charge is 0.243 e. The second-order valence-corrected chi connectivity index (χ2v) is 7.94. The van der Waals surface area contributed by atoms with E-state index in [1.54, 1.807) is 0 Å². The number of sulfonamides is 1. The molecule has 2 fully saturated rings. The van der Waals surface area contributed by atoms with Crippen LogP contribution in [0.4, 0.5) is 8.78 Å². The molecule has 0 aromatic heterocycles. The Balaban J connectivity index is 1.64. The van der Waals surface area contributed by atoms with Crippen LogP contribution in [0.5, 0.6) is 0 Å². The van der Waals surface area contributed by atoms with E-state index in [0.717, 1.165) is 16.4 Å². The molecule has 136 valence electrons. The van der Waals surface area contributed by atoms with Gasteiger partial charge < -0.3 is 4.90 Å². The van der Waals surface area contributed by atoms with E-state index >= 15 is 0 Å². The van der Waals surface area contributed by atoms with Gasteiger partial charge in [-0.2, -0.15) is 4.31 Å². The molecule has 0 bridgehead atoms. The number of benzene rings is 1. The van der Waals surface area contributed by atoms with Crippen LogP contribution < -0.4 is 0 Å². The van der Waals surface area contributed by atoms with Gasteiger partial charge in [0.1, 0.15) is 5.92 Å². The predicted molar refractivity (Wildman–Crippen MR) is 80.6 cm³/mol. The largest absolute Gasteiger partial charge is 0.340 e. The summed E-state index contributed by atoms with van der Waals surface area (Å²) in [4.78, 5) is 23.4. The van der Waals surface area contributed by atoms with Gasteiger partial charge in [-0.15, -0.1) is 0 Å². The van der Waals surface area contributed by atoms with E-state index in [-0.39, 0.29) is 43.4 Å². The Morgan fingerprint density at radius 1 is 1.16 bits per heavy atom. The van der Waals surface area contributed by atoms with Crippen molar-refractivity contribution in [2.24, 2.45) is 5.92 Å². The number of hydrogen-bond donors (Lipinski definition) is 0. The van der Waals surface area contributed by atoms with E-state index in [2.05, 4.69) is 0 Å². The van der Waals surface area contributed by atoms with Gasteiger partial charge >= 0.3 is 0 Å². The lowest BCUT2D eigenvalue weighted by atomic mass is 10.3. The van der Waals surface area contributed by atoms with Crippen LogP contribution in [0.2, 0.25) is 0 Å². The van der Waals surface area contributed by atoms with Crippen molar-refractivity contribution in [3.8, 4) is 0 Å². The number of nitro groups is 1. The molecule has 0 N–H and O–H groups in total. The molecule has 8 nitrogen and oxygen atoms in total. The second kappa shape index (κ2) is 6.30. The van der Waals surface area contributed by atoms with Gasteiger partial charge in [0.25, 0.3) is 0 Å². The van der Waals surface area contributed by atoms with Crippen molar-refractivity contribution in [1.29, 1.82) is 0 Å². The third-order valence-corrected chi connectivity index (χ3v) is 6.32. The molecule has 1 saturated heterocycles. The van der Waals surface area contributed by atoms with Gasteiger partial charge in [-0.25, -0.2) is 17.2 Å². The fraction of sp³-hybridized carbons (Fsp3) is 0.500. The van der Waals surface area contributed by atoms with E-state index in [1.165, 1.54) is 4.90 Å². The molecule has 2 aliphatic rings. The molecule has 1 amide bonds. The van der Waals surface area contributed by atoms with E-state index in [9.17, 15) is 32.1 Å². The standard InChI is InChI=1S/C14H15F2N3O5S/c15-11-2-1-9(7-12(11)16)25(23,24)18-5-3-17(4-6-18)14(20)10-8-13(10)19(21)22/h1-2,7,10,13H,3-6,8H2/t10-,13+/m0/s1. The van der Waals surface area contributed by atoms with E-state index < -0.39 is 38.5 Å². The molecule has 0 spiro atoms. The SMILES string of the molecule is O=C([C@H]1C[C@H]1[N+](=O)[O-])N1CCN(S(=O)(=O)c2ccc(F)c(F)c2)CC1. The van der Waals surface area contributed by atoms with Crippen molar-refractivity contribution >= 4 is 15.9 Å². The summed E-state index contributed by atoms with van der Waals surface area (Å²) in [5, 5.41) is 10.6. The quantitative estimate of drug-likeness (QED) is 0.562. The maximum Gasteiger partial charge on any atom is 0.243 e. The molecule has 1 aliphatic carbocycles. The van der Waals surface area contributed by atoms with Crippen LogP contribution in [-0.4, -0.2) is 60.7 Å². The Morgan fingerprint density at radius 2 is 1.80 bits per heavy atom. The molecule has 0 radical (unpaired) electrons. The minimum atomic E-state index is -4.00. The Labute approximate surface area is 142 Å². The summed E-state index contributed by atoms with van der Waals surface area (Å²) < 4.78 is 52.2. The van der Waals surface area contributed by atoms with Gasteiger partial charge in [-0.05, 0) is 18.2 Å². The van der Waals surface area contributed by atoms with Crippen LogP contribution >= 0.6 is 0 Å². The molecule has 1 aromatic rings. The highest BCUT2D eigenvalue weighted by Gasteiger charge is 2.54. The number of hydrogen-bond acceptors (Lipinski definition) is 5. The molecule has 11 heteroatoms. The molecule has 0 unspecified atom stereocenters. The normalized spacial score (nSPS) is 24.2. The highest BCUT2D eigenvalue weighted by Crippen LogP contribution is 2.35. The van der Waals surface area contributed by atoms with Crippen LogP contribution in [-0.2, 0) is 14.8 Å². The molecular weight excluding hydrogens is 360 g/mol. The molecule has 1 saturated carbocycles. The highest BCUT2D eigenvalue weighted by atomic mass is 32.2. The van der Waals surface area contributed by atoms with Crippen LogP contribution in [0, 0.1) is 27.7 Å². The highest BCUT2D eigenvalue weighted by molar-refractivity contribution is 7.89. The maximum atomic E-state index is 13.3. The van der Waals surface area contributed by atoms with Crippen molar-refractivity contribution in [3.05, 3.63) is 39.9 Å². The number of piperazine rings is 1. The first-order chi connectivity index (χ1) is 11.7. The lowest BCUT2D eigenvalue weighted by molar-refractivity contribution is -0.497. The lowest BCUT2D eigenvalue weighted by Gasteiger charge is -2.34. The third-order valence-electron chi connectivity index (χ3n) is 4.42. The van der Waals surface area contributed by atoms with Gasteiger partial charge in [0.2, 0.25) is 22.0 Å². The van der Waals surface area contributed by atoms with Crippen LogP contribution in [0.15, 0.2) is 23.1 Å². The first kappa shape index (κ1) is 17.7. The molecule has 25 heavy (non-hydrogen) atoms. The molecule has 1 aromatic carbocycles. The first-order valence-electron chi connectivity index (χ1n) is 7.59. The summed E-state index contributed by atoms with van der Waals surface area (Å²) in [7, 11) is -4.00. The second-order valence-electron chi connectivity index (χ2n) is 6.00. The molecule has 2 atom stereocenters. The van der Waals surface area contributed by atoms with Crippen molar-refractivity contribution in [2.75, 3.05) is 26.2 Å². The van der Waals surface area contributed by atoms with Crippen molar-refractivity contribution < 1.29 is 26.9 Å². The number of halogens is 2. The molecule has 1 heterocycles. The zero-order chi connectivity index (χ0) is 18.4. The summed E-state index contributed by atoms with van der Waals surface area (Å²) in [5.74, 6) is -3.37. The summed E-state index contributed by atoms with van der Waals surface area (Å²) in [6.07, 6.45) is 0.208. The summed E-state index contributed by atoms with van der Waals surface area (Å²) in [5.41, 5.74) is 0. The fourth-order valence-corrected chi connectivity index (χ4v) is 4.28.